The highest BCUT2D eigenvalue weighted by molar-refractivity contribution is 6.36. The maximum Gasteiger partial charge on any atom is 0.153 e. The fourth-order valence-electron chi connectivity index (χ4n) is 2.63. The summed E-state index contributed by atoms with van der Waals surface area (Å²) in [5, 5.41) is 26.3. The van der Waals surface area contributed by atoms with Crippen LogP contribution in [-0.2, 0) is 6.54 Å². The molecule has 0 atom stereocenters. The predicted molar refractivity (Wildman–Crippen MR) is 99.1 cm³/mol. The van der Waals surface area contributed by atoms with E-state index in [1.807, 2.05) is 37.1 Å². The molecule has 0 spiro atoms. The molecule has 9 heteroatoms. The lowest BCUT2D eigenvalue weighted by atomic mass is 10.0. The zero-order valence-corrected chi connectivity index (χ0v) is 14.1. The Bertz CT molecular complexity index is 820. The number of aliphatic hydroxyl groups is 2. The minimum absolute atomic E-state index is 0.0104. The van der Waals surface area contributed by atoms with Gasteiger partial charge in [0, 0.05) is 44.3 Å². The average Bonchev–Trinajstić information content (AvgIpc) is 3.01. The lowest BCUT2D eigenvalue weighted by molar-refractivity contribution is 0.280. The molecule has 0 saturated carbocycles. The van der Waals surface area contributed by atoms with E-state index in [9.17, 15) is 10.2 Å². The Kier molecular flexibility index (Phi) is 5.47. The van der Waals surface area contributed by atoms with Crippen LogP contribution < -0.4 is 15.7 Å². The molecule has 3 aromatic rings. The van der Waals surface area contributed by atoms with E-state index in [-0.39, 0.29) is 13.2 Å². The predicted octanol–water partition coefficient (Wildman–Crippen LogP) is -1.21. The van der Waals surface area contributed by atoms with Gasteiger partial charge in [-0.1, -0.05) is 6.07 Å². The molecule has 130 valence electrons. The monoisotopic (exact) mass is 340 g/mol. The first kappa shape index (κ1) is 17.2. The Labute approximate surface area is 146 Å². The molecule has 8 nitrogen and oxygen atoms in total. The first-order valence-corrected chi connectivity index (χ1v) is 8.17. The van der Waals surface area contributed by atoms with Crippen LogP contribution in [0.25, 0.3) is 5.65 Å². The summed E-state index contributed by atoms with van der Waals surface area (Å²) in [4.78, 5) is 10.6. The van der Waals surface area contributed by atoms with Gasteiger partial charge in [-0.15, -0.1) is 0 Å². The highest BCUT2D eigenvalue weighted by atomic mass is 16.3. The summed E-state index contributed by atoms with van der Waals surface area (Å²) in [5.41, 5.74) is 2.76. The third-order valence-corrected chi connectivity index (χ3v) is 3.89. The van der Waals surface area contributed by atoms with Gasteiger partial charge in [0.05, 0.1) is 13.2 Å². The minimum atomic E-state index is -0.0104. The van der Waals surface area contributed by atoms with E-state index in [2.05, 4.69) is 20.4 Å². The first-order valence-electron chi connectivity index (χ1n) is 8.17. The highest BCUT2D eigenvalue weighted by Gasteiger charge is 2.13. The Hall–Kier alpha value is -2.65. The molecule has 3 aromatic heterocycles. The molecule has 0 unspecified atom stereocenters. The summed E-state index contributed by atoms with van der Waals surface area (Å²) in [6.45, 7) is 1.39. The molecular formula is C16H21BN6O2. The Morgan fingerprint density at radius 3 is 2.68 bits per heavy atom. The van der Waals surface area contributed by atoms with Gasteiger partial charge in [0.1, 0.15) is 19.5 Å². The SMILES string of the molecule is Bc1cnn2c(NCc3cccnc3)cc(N(CCO)CCO)nc12. The summed E-state index contributed by atoms with van der Waals surface area (Å²) in [5.74, 6) is 1.48. The number of hydrogen-bond acceptors (Lipinski definition) is 7. The fourth-order valence-corrected chi connectivity index (χ4v) is 2.63. The normalized spacial score (nSPS) is 11.0. The summed E-state index contributed by atoms with van der Waals surface area (Å²) < 4.78 is 1.76. The van der Waals surface area contributed by atoms with E-state index in [0.29, 0.717) is 25.5 Å². The lowest BCUT2D eigenvalue weighted by Gasteiger charge is -2.23. The van der Waals surface area contributed by atoms with Crippen LogP contribution in [0.3, 0.4) is 0 Å². The van der Waals surface area contributed by atoms with Crippen LogP contribution in [0.2, 0.25) is 0 Å². The second-order valence-corrected chi connectivity index (χ2v) is 5.71. The average molecular weight is 340 g/mol. The highest BCUT2D eigenvalue weighted by Crippen LogP contribution is 2.19. The largest absolute Gasteiger partial charge is 0.395 e. The van der Waals surface area contributed by atoms with Gasteiger partial charge in [-0.3, -0.25) is 4.98 Å². The number of fused-ring (bicyclic) bond motifs is 1. The maximum atomic E-state index is 9.28. The van der Waals surface area contributed by atoms with E-state index in [1.54, 1.807) is 16.9 Å². The second-order valence-electron chi connectivity index (χ2n) is 5.71. The molecule has 0 fully saturated rings. The molecule has 0 aliphatic carbocycles. The van der Waals surface area contributed by atoms with Crippen LogP contribution in [0, 0.1) is 0 Å². The van der Waals surface area contributed by atoms with Crippen LogP contribution in [0.1, 0.15) is 5.56 Å². The molecule has 0 radical (unpaired) electrons. The molecule has 0 aromatic carbocycles. The van der Waals surface area contributed by atoms with Gasteiger partial charge in [-0.2, -0.15) is 9.61 Å². The molecule has 25 heavy (non-hydrogen) atoms. The van der Waals surface area contributed by atoms with Crippen LogP contribution in [0.5, 0.6) is 0 Å². The van der Waals surface area contributed by atoms with E-state index >= 15 is 0 Å². The van der Waals surface area contributed by atoms with Crippen LogP contribution in [-0.4, -0.2) is 63.9 Å². The van der Waals surface area contributed by atoms with Crippen molar-refractivity contribution in [3.8, 4) is 0 Å². The molecule has 0 aliphatic heterocycles. The van der Waals surface area contributed by atoms with E-state index in [0.717, 1.165) is 22.5 Å². The Morgan fingerprint density at radius 1 is 1.20 bits per heavy atom. The molecule has 0 saturated heterocycles. The number of aliphatic hydroxyl groups excluding tert-OH is 2. The van der Waals surface area contributed by atoms with Crippen molar-refractivity contribution in [3.63, 3.8) is 0 Å². The number of aromatic nitrogens is 4. The molecule has 3 N–H and O–H groups in total. The lowest BCUT2D eigenvalue weighted by Crippen LogP contribution is -2.31. The molecule has 3 heterocycles. The van der Waals surface area contributed by atoms with E-state index in [4.69, 9.17) is 0 Å². The topological polar surface area (TPSA) is 98.8 Å². The van der Waals surface area contributed by atoms with Gasteiger partial charge in [0.2, 0.25) is 0 Å². The van der Waals surface area contributed by atoms with Crippen molar-refractivity contribution in [1.82, 2.24) is 19.6 Å². The molecule has 3 rings (SSSR count). The Morgan fingerprint density at radius 2 is 2.00 bits per heavy atom. The van der Waals surface area contributed by atoms with E-state index in [1.165, 1.54) is 0 Å². The molecule has 0 amide bonds. The minimum Gasteiger partial charge on any atom is -0.395 e. The third kappa shape index (κ3) is 3.89. The van der Waals surface area contributed by atoms with Crippen molar-refractivity contribution >= 4 is 30.6 Å². The van der Waals surface area contributed by atoms with Crippen LogP contribution in [0.4, 0.5) is 11.6 Å². The van der Waals surface area contributed by atoms with Crippen molar-refractivity contribution in [2.75, 3.05) is 36.5 Å². The van der Waals surface area contributed by atoms with Gasteiger partial charge in [0.25, 0.3) is 0 Å². The number of nitrogens with zero attached hydrogens (tertiary/aromatic N) is 5. The van der Waals surface area contributed by atoms with Crippen molar-refractivity contribution in [2.24, 2.45) is 0 Å². The van der Waals surface area contributed by atoms with E-state index < -0.39 is 0 Å². The number of nitrogens with one attached hydrogen (secondary N) is 1. The number of anilines is 2. The van der Waals surface area contributed by atoms with Crippen molar-refractivity contribution < 1.29 is 10.2 Å². The summed E-state index contributed by atoms with van der Waals surface area (Å²) in [6, 6.07) is 5.77. The summed E-state index contributed by atoms with van der Waals surface area (Å²) in [7, 11) is 1.95. The summed E-state index contributed by atoms with van der Waals surface area (Å²) in [6.07, 6.45) is 5.32. The molecular weight excluding hydrogens is 319 g/mol. The third-order valence-electron chi connectivity index (χ3n) is 3.89. The van der Waals surface area contributed by atoms with Crippen molar-refractivity contribution in [3.05, 3.63) is 42.4 Å². The van der Waals surface area contributed by atoms with Gasteiger partial charge >= 0.3 is 0 Å². The van der Waals surface area contributed by atoms with Gasteiger partial charge in [-0.05, 0) is 17.1 Å². The summed E-state index contributed by atoms with van der Waals surface area (Å²) >= 11 is 0. The zero-order chi connectivity index (χ0) is 17.6. The molecule has 0 bridgehead atoms. The zero-order valence-electron chi connectivity index (χ0n) is 14.1. The molecule has 0 aliphatic rings. The van der Waals surface area contributed by atoms with Crippen molar-refractivity contribution in [2.45, 2.75) is 6.54 Å². The Balaban J connectivity index is 1.95. The van der Waals surface area contributed by atoms with Crippen molar-refractivity contribution in [1.29, 1.82) is 0 Å². The van der Waals surface area contributed by atoms with Crippen LogP contribution in [0.15, 0.2) is 36.8 Å². The van der Waals surface area contributed by atoms with Crippen LogP contribution >= 0.6 is 0 Å². The number of pyridine rings is 1. The standard InChI is InChI=1S/C16H21BN6O2/c17-13-11-20-23-14(19-10-12-2-1-3-18-9-12)8-15(21-16(13)23)22(4-6-24)5-7-25/h1-3,8-9,11,19,24-25H,4-7,10,17H2. The van der Waals surface area contributed by atoms with Gasteiger partial charge in [0.15, 0.2) is 5.65 Å². The fraction of sp³-hybridized carbons (Fsp3) is 0.312. The quantitative estimate of drug-likeness (QED) is 0.443. The van der Waals surface area contributed by atoms with Gasteiger partial charge in [-0.25, -0.2) is 4.98 Å². The van der Waals surface area contributed by atoms with Gasteiger partial charge < -0.3 is 20.4 Å². The second kappa shape index (κ2) is 7.95. The first-order chi connectivity index (χ1) is 12.2. The maximum absolute atomic E-state index is 9.28. The number of hydrogen-bond donors (Lipinski definition) is 3. The number of rotatable bonds is 8. The smallest absolute Gasteiger partial charge is 0.153 e.